The van der Waals surface area contributed by atoms with Crippen LogP contribution in [0.4, 0.5) is 5.13 Å². The molecule has 2 heterocycles. The number of ether oxygens (including phenoxy) is 1. The fourth-order valence-corrected chi connectivity index (χ4v) is 2.96. The van der Waals surface area contributed by atoms with Gasteiger partial charge in [0, 0.05) is 23.8 Å². The standard InChI is InChI=1S/C18H18N2O3S/c1-12-11-24-18(19-12)20-17(21)10-8-15-7-9-16(23-15)13-3-5-14(22-2)6-4-13/h3-7,9,11H,8,10H2,1-2H3,(H,19,20,21). The molecule has 2 aromatic heterocycles. The van der Waals surface area contributed by atoms with Gasteiger partial charge in [0.2, 0.25) is 5.91 Å². The molecule has 0 radical (unpaired) electrons. The maximum absolute atomic E-state index is 11.9. The van der Waals surface area contributed by atoms with E-state index < -0.39 is 0 Å². The van der Waals surface area contributed by atoms with E-state index in [0.717, 1.165) is 28.5 Å². The summed E-state index contributed by atoms with van der Waals surface area (Å²) in [5.41, 5.74) is 1.88. The topological polar surface area (TPSA) is 64.4 Å². The average molecular weight is 342 g/mol. The Labute approximate surface area is 144 Å². The van der Waals surface area contributed by atoms with Crippen molar-refractivity contribution in [3.63, 3.8) is 0 Å². The normalized spacial score (nSPS) is 10.6. The molecule has 3 aromatic rings. The molecule has 1 N–H and O–H groups in total. The van der Waals surface area contributed by atoms with Crippen LogP contribution in [-0.2, 0) is 11.2 Å². The lowest BCUT2D eigenvalue weighted by Gasteiger charge is -2.02. The third kappa shape index (κ3) is 4.02. The monoisotopic (exact) mass is 342 g/mol. The zero-order chi connectivity index (χ0) is 16.9. The van der Waals surface area contributed by atoms with Gasteiger partial charge in [0.25, 0.3) is 0 Å². The molecule has 0 bridgehead atoms. The van der Waals surface area contributed by atoms with E-state index in [0.29, 0.717) is 18.0 Å². The van der Waals surface area contributed by atoms with Crippen LogP contribution < -0.4 is 10.1 Å². The lowest BCUT2D eigenvalue weighted by molar-refractivity contribution is -0.116. The van der Waals surface area contributed by atoms with E-state index in [1.165, 1.54) is 11.3 Å². The number of benzene rings is 1. The molecule has 0 saturated heterocycles. The predicted octanol–water partition coefficient (Wildman–Crippen LogP) is 4.29. The molecular weight excluding hydrogens is 324 g/mol. The second-order valence-corrected chi connectivity index (χ2v) is 6.19. The molecule has 0 aliphatic heterocycles. The summed E-state index contributed by atoms with van der Waals surface area (Å²) in [6.45, 7) is 1.90. The molecule has 5 nitrogen and oxygen atoms in total. The number of thiazole rings is 1. The average Bonchev–Trinajstić information content (AvgIpc) is 3.22. The molecule has 0 aliphatic rings. The highest BCUT2D eigenvalue weighted by Gasteiger charge is 2.09. The Kier molecular flexibility index (Phi) is 4.96. The third-order valence-corrected chi connectivity index (χ3v) is 4.38. The van der Waals surface area contributed by atoms with Gasteiger partial charge < -0.3 is 14.5 Å². The molecule has 0 saturated carbocycles. The van der Waals surface area contributed by atoms with Gasteiger partial charge in [-0.15, -0.1) is 11.3 Å². The van der Waals surface area contributed by atoms with Crippen molar-refractivity contribution < 1.29 is 13.9 Å². The number of hydrogen-bond donors (Lipinski definition) is 1. The number of hydrogen-bond acceptors (Lipinski definition) is 5. The Morgan fingerprint density at radius 2 is 2.04 bits per heavy atom. The smallest absolute Gasteiger partial charge is 0.226 e. The summed E-state index contributed by atoms with van der Waals surface area (Å²) in [6.07, 6.45) is 0.903. The van der Waals surface area contributed by atoms with Crippen LogP contribution >= 0.6 is 11.3 Å². The molecule has 1 amide bonds. The number of nitrogens with one attached hydrogen (secondary N) is 1. The van der Waals surface area contributed by atoms with Crippen LogP contribution in [-0.4, -0.2) is 18.0 Å². The van der Waals surface area contributed by atoms with Crippen molar-refractivity contribution in [3.05, 3.63) is 53.2 Å². The third-order valence-electron chi connectivity index (χ3n) is 3.50. The van der Waals surface area contributed by atoms with Crippen molar-refractivity contribution in [3.8, 4) is 17.1 Å². The summed E-state index contributed by atoms with van der Waals surface area (Å²) >= 11 is 1.43. The fourth-order valence-electron chi connectivity index (χ4n) is 2.25. The van der Waals surface area contributed by atoms with E-state index >= 15 is 0 Å². The molecular formula is C18H18N2O3S. The largest absolute Gasteiger partial charge is 0.497 e. The van der Waals surface area contributed by atoms with Crippen molar-refractivity contribution in [1.82, 2.24) is 4.98 Å². The fraction of sp³-hybridized carbons (Fsp3) is 0.222. The number of methoxy groups -OCH3 is 1. The molecule has 0 fully saturated rings. The number of rotatable bonds is 6. The first-order chi connectivity index (χ1) is 11.6. The molecule has 3 rings (SSSR count). The summed E-state index contributed by atoms with van der Waals surface area (Å²) in [6, 6.07) is 11.5. The molecule has 0 unspecified atom stereocenters. The highest BCUT2D eigenvalue weighted by molar-refractivity contribution is 7.13. The zero-order valence-corrected chi connectivity index (χ0v) is 14.4. The molecule has 1 aromatic carbocycles. The number of nitrogens with zero attached hydrogens (tertiary/aromatic N) is 1. The first kappa shape index (κ1) is 16.3. The Hall–Kier alpha value is -2.60. The SMILES string of the molecule is COc1ccc(-c2ccc(CCC(=O)Nc3nc(C)cs3)o2)cc1. The maximum Gasteiger partial charge on any atom is 0.226 e. The molecule has 6 heteroatoms. The Balaban J connectivity index is 1.56. The number of anilines is 1. The van der Waals surface area contributed by atoms with Crippen molar-refractivity contribution in [2.75, 3.05) is 12.4 Å². The van der Waals surface area contributed by atoms with Gasteiger partial charge in [0.05, 0.1) is 12.8 Å². The number of aromatic nitrogens is 1. The second kappa shape index (κ2) is 7.31. The van der Waals surface area contributed by atoms with Gasteiger partial charge in [0.15, 0.2) is 5.13 Å². The minimum atomic E-state index is -0.0632. The summed E-state index contributed by atoms with van der Waals surface area (Å²) in [4.78, 5) is 16.2. The Morgan fingerprint density at radius 3 is 2.71 bits per heavy atom. The van der Waals surface area contributed by atoms with Gasteiger partial charge in [-0.05, 0) is 43.3 Å². The van der Waals surface area contributed by atoms with E-state index in [2.05, 4.69) is 10.3 Å². The van der Waals surface area contributed by atoms with Crippen molar-refractivity contribution in [1.29, 1.82) is 0 Å². The van der Waals surface area contributed by atoms with Gasteiger partial charge in [-0.3, -0.25) is 4.79 Å². The number of carbonyl (C=O) groups is 1. The van der Waals surface area contributed by atoms with Crippen LogP contribution in [0.15, 0.2) is 46.2 Å². The van der Waals surface area contributed by atoms with Crippen LogP contribution in [0, 0.1) is 6.92 Å². The van der Waals surface area contributed by atoms with Crippen LogP contribution in [0.2, 0.25) is 0 Å². The summed E-state index contributed by atoms with van der Waals surface area (Å²) in [7, 11) is 1.64. The second-order valence-electron chi connectivity index (χ2n) is 5.34. The van der Waals surface area contributed by atoms with Crippen molar-refractivity contribution in [2.24, 2.45) is 0 Å². The first-order valence-corrected chi connectivity index (χ1v) is 8.47. The van der Waals surface area contributed by atoms with E-state index in [1.807, 2.05) is 48.7 Å². The lowest BCUT2D eigenvalue weighted by Crippen LogP contribution is -2.11. The summed E-state index contributed by atoms with van der Waals surface area (Å²) < 4.78 is 11.0. The minimum Gasteiger partial charge on any atom is -0.497 e. The molecule has 0 spiro atoms. The summed E-state index contributed by atoms with van der Waals surface area (Å²) in [5.74, 6) is 2.31. The van der Waals surface area contributed by atoms with Crippen molar-refractivity contribution in [2.45, 2.75) is 19.8 Å². The van der Waals surface area contributed by atoms with Gasteiger partial charge >= 0.3 is 0 Å². The van der Waals surface area contributed by atoms with E-state index in [1.54, 1.807) is 7.11 Å². The molecule has 124 valence electrons. The quantitative estimate of drug-likeness (QED) is 0.726. The minimum absolute atomic E-state index is 0.0632. The Bertz CT molecular complexity index is 821. The summed E-state index contributed by atoms with van der Waals surface area (Å²) in [5, 5.41) is 5.34. The van der Waals surface area contributed by atoms with E-state index in [9.17, 15) is 4.79 Å². The van der Waals surface area contributed by atoms with Crippen LogP contribution in [0.3, 0.4) is 0 Å². The number of amides is 1. The highest BCUT2D eigenvalue weighted by Crippen LogP contribution is 2.25. The molecule has 0 aliphatic carbocycles. The lowest BCUT2D eigenvalue weighted by atomic mass is 10.2. The van der Waals surface area contributed by atoms with E-state index in [-0.39, 0.29) is 5.91 Å². The highest BCUT2D eigenvalue weighted by atomic mass is 32.1. The van der Waals surface area contributed by atoms with Gasteiger partial charge in [0.1, 0.15) is 17.3 Å². The zero-order valence-electron chi connectivity index (χ0n) is 13.5. The van der Waals surface area contributed by atoms with Crippen molar-refractivity contribution >= 4 is 22.4 Å². The number of aryl methyl sites for hydroxylation is 2. The van der Waals surface area contributed by atoms with Gasteiger partial charge in [-0.25, -0.2) is 4.98 Å². The maximum atomic E-state index is 11.9. The predicted molar refractivity (Wildman–Crippen MR) is 94.5 cm³/mol. The first-order valence-electron chi connectivity index (χ1n) is 7.59. The Morgan fingerprint density at radius 1 is 1.25 bits per heavy atom. The van der Waals surface area contributed by atoms with Gasteiger partial charge in [-0.2, -0.15) is 0 Å². The molecule has 24 heavy (non-hydrogen) atoms. The number of furan rings is 1. The molecule has 0 atom stereocenters. The van der Waals surface area contributed by atoms with Crippen LogP contribution in [0.1, 0.15) is 17.9 Å². The van der Waals surface area contributed by atoms with E-state index in [4.69, 9.17) is 9.15 Å². The number of carbonyl (C=O) groups excluding carboxylic acids is 1. The van der Waals surface area contributed by atoms with Crippen LogP contribution in [0.25, 0.3) is 11.3 Å². The van der Waals surface area contributed by atoms with Gasteiger partial charge in [-0.1, -0.05) is 0 Å². The van der Waals surface area contributed by atoms with Crippen LogP contribution in [0.5, 0.6) is 5.75 Å².